The Bertz CT molecular complexity index is 1340. The van der Waals surface area contributed by atoms with Crippen LogP contribution >= 0.6 is 11.6 Å². The Hall–Kier alpha value is -2.91. The van der Waals surface area contributed by atoms with Crippen molar-refractivity contribution in [3.8, 4) is 16.9 Å². The van der Waals surface area contributed by atoms with Crippen LogP contribution in [0.3, 0.4) is 0 Å². The minimum absolute atomic E-state index is 0.144. The van der Waals surface area contributed by atoms with Gasteiger partial charge < -0.3 is 10.0 Å². The number of aliphatic hydroxyl groups is 1. The molecule has 0 radical (unpaired) electrons. The summed E-state index contributed by atoms with van der Waals surface area (Å²) in [5, 5.41) is 14.1. The van der Waals surface area contributed by atoms with Crippen molar-refractivity contribution in [3.05, 3.63) is 74.3 Å². The third kappa shape index (κ3) is 3.96. The number of nitrogens with zero attached hydrogens (tertiary/aromatic N) is 3. The van der Waals surface area contributed by atoms with Gasteiger partial charge in [0.15, 0.2) is 0 Å². The Morgan fingerprint density at radius 3 is 2.53 bits per heavy atom. The van der Waals surface area contributed by atoms with Crippen molar-refractivity contribution < 1.29 is 22.7 Å². The van der Waals surface area contributed by atoms with Crippen LogP contribution in [-0.4, -0.2) is 34.1 Å². The Labute approximate surface area is 197 Å². The van der Waals surface area contributed by atoms with Crippen LogP contribution in [0, 0.1) is 5.82 Å². The first-order valence-corrected chi connectivity index (χ1v) is 11.3. The molecule has 178 valence electrons. The second-order valence-electron chi connectivity index (χ2n) is 8.59. The maximum atomic E-state index is 14.0. The fourth-order valence-corrected chi connectivity index (χ4v) is 4.90. The standard InChI is InChI=1S/C24H20ClF4N3O2/c25-19-10-13(4-7-20(19)26)22-16-2-1-3-17(16)23(34)32(30-22)21-11-14(31-9-8-15(33)12-31)5-6-18(21)24(27,28)29/h4-7,10-11,15,33H,1-3,8-9,12H2. The number of hydrogen-bond acceptors (Lipinski definition) is 4. The lowest BCUT2D eigenvalue weighted by Gasteiger charge is -2.22. The van der Waals surface area contributed by atoms with Crippen molar-refractivity contribution in [2.45, 2.75) is 38.0 Å². The van der Waals surface area contributed by atoms with Crippen molar-refractivity contribution in [1.29, 1.82) is 0 Å². The van der Waals surface area contributed by atoms with Gasteiger partial charge in [0.2, 0.25) is 0 Å². The van der Waals surface area contributed by atoms with E-state index in [9.17, 15) is 27.5 Å². The average Bonchev–Trinajstić information content (AvgIpc) is 3.45. The zero-order chi connectivity index (χ0) is 24.2. The van der Waals surface area contributed by atoms with Gasteiger partial charge in [-0.05, 0) is 67.6 Å². The van der Waals surface area contributed by atoms with E-state index in [2.05, 4.69) is 5.10 Å². The van der Waals surface area contributed by atoms with E-state index in [-0.39, 0.29) is 17.3 Å². The highest BCUT2D eigenvalue weighted by molar-refractivity contribution is 6.31. The maximum absolute atomic E-state index is 14.0. The number of aromatic nitrogens is 2. The van der Waals surface area contributed by atoms with E-state index < -0.39 is 29.2 Å². The molecule has 1 aliphatic carbocycles. The van der Waals surface area contributed by atoms with Gasteiger partial charge in [0.05, 0.1) is 28.1 Å². The van der Waals surface area contributed by atoms with Gasteiger partial charge in [0.1, 0.15) is 5.82 Å². The molecule has 1 saturated heterocycles. The van der Waals surface area contributed by atoms with Crippen LogP contribution in [0.2, 0.25) is 5.02 Å². The summed E-state index contributed by atoms with van der Waals surface area (Å²) in [5.74, 6) is -0.629. The van der Waals surface area contributed by atoms with Crippen molar-refractivity contribution in [1.82, 2.24) is 9.78 Å². The van der Waals surface area contributed by atoms with Crippen molar-refractivity contribution in [2.24, 2.45) is 0 Å². The third-order valence-corrected chi connectivity index (χ3v) is 6.68. The molecule has 1 aliphatic heterocycles. The smallest absolute Gasteiger partial charge is 0.391 e. The Morgan fingerprint density at radius 1 is 1.09 bits per heavy atom. The van der Waals surface area contributed by atoms with E-state index in [1.54, 1.807) is 4.90 Å². The topological polar surface area (TPSA) is 58.4 Å². The van der Waals surface area contributed by atoms with Gasteiger partial charge in [-0.3, -0.25) is 4.79 Å². The number of rotatable bonds is 3. The molecule has 2 aromatic carbocycles. The van der Waals surface area contributed by atoms with Crippen molar-refractivity contribution >= 4 is 17.3 Å². The fraction of sp³-hybridized carbons (Fsp3) is 0.333. The van der Waals surface area contributed by atoms with E-state index in [4.69, 9.17) is 11.6 Å². The van der Waals surface area contributed by atoms with Crippen molar-refractivity contribution in [2.75, 3.05) is 18.0 Å². The first-order chi connectivity index (χ1) is 16.1. The minimum Gasteiger partial charge on any atom is -0.391 e. The molecule has 5 nitrogen and oxygen atoms in total. The monoisotopic (exact) mass is 493 g/mol. The zero-order valence-corrected chi connectivity index (χ0v) is 18.6. The highest BCUT2D eigenvalue weighted by Crippen LogP contribution is 2.37. The molecule has 1 atom stereocenters. The predicted molar refractivity (Wildman–Crippen MR) is 120 cm³/mol. The number of alkyl halides is 3. The third-order valence-electron chi connectivity index (χ3n) is 6.39. The lowest BCUT2D eigenvalue weighted by atomic mass is 10.0. The van der Waals surface area contributed by atoms with Gasteiger partial charge in [0.25, 0.3) is 5.56 Å². The van der Waals surface area contributed by atoms with Crippen LogP contribution in [0.15, 0.2) is 41.2 Å². The Kier molecular flexibility index (Phi) is 5.64. The number of anilines is 1. The van der Waals surface area contributed by atoms with Gasteiger partial charge in [-0.1, -0.05) is 11.6 Å². The van der Waals surface area contributed by atoms with E-state index in [1.807, 2.05) is 0 Å². The molecule has 2 aliphatic rings. The first-order valence-electron chi connectivity index (χ1n) is 10.9. The minimum atomic E-state index is -4.72. The second kappa shape index (κ2) is 8.39. The normalized spacial score (nSPS) is 17.9. The molecular formula is C24H20ClF4N3O2. The van der Waals surface area contributed by atoms with Crippen LogP contribution in [0.4, 0.5) is 23.2 Å². The van der Waals surface area contributed by atoms with Gasteiger partial charge in [-0.2, -0.15) is 23.0 Å². The van der Waals surface area contributed by atoms with Gasteiger partial charge >= 0.3 is 6.18 Å². The summed E-state index contributed by atoms with van der Waals surface area (Å²) in [6.45, 7) is 0.772. The Balaban J connectivity index is 1.75. The molecule has 5 rings (SSSR count). The number of β-amino-alcohol motifs (C(OH)–C–C–N with tert-alkyl or cyclic N) is 1. The molecule has 0 saturated carbocycles. The molecule has 1 fully saturated rings. The number of aliphatic hydroxyl groups excluding tert-OH is 1. The first kappa shape index (κ1) is 22.9. The van der Waals surface area contributed by atoms with Crippen LogP contribution in [0.25, 0.3) is 16.9 Å². The van der Waals surface area contributed by atoms with E-state index in [0.29, 0.717) is 60.3 Å². The summed E-state index contributed by atoms with van der Waals surface area (Å²) in [5.41, 5.74) is 0.257. The molecule has 34 heavy (non-hydrogen) atoms. The average molecular weight is 494 g/mol. The van der Waals surface area contributed by atoms with E-state index in [0.717, 1.165) is 16.8 Å². The lowest BCUT2D eigenvalue weighted by Crippen LogP contribution is -2.29. The highest BCUT2D eigenvalue weighted by Gasteiger charge is 2.36. The van der Waals surface area contributed by atoms with Gasteiger partial charge in [0, 0.05) is 29.9 Å². The van der Waals surface area contributed by atoms with Gasteiger partial charge in [-0.15, -0.1) is 0 Å². The summed E-state index contributed by atoms with van der Waals surface area (Å²) in [4.78, 5) is 15.1. The Morgan fingerprint density at radius 2 is 1.85 bits per heavy atom. The summed E-state index contributed by atoms with van der Waals surface area (Å²) < 4.78 is 56.5. The van der Waals surface area contributed by atoms with Crippen LogP contribution in [-0.2, 0) is 19.0 Å². The van der Waals surface area contributed by atoms with E-state index in [1.165, 1.54) is 24.3 Å². The van der Waals surface area contributed by atoms with Crippen LogP contribution in [0.1, 0.15) is 29.5 Å². The van der Waals surface area contributed by atoms with E-state index >= 15 is 0 Å². The second-order valence-corrected chi connectivity index (χ2v) is 9.00. The number of fused-ring (bicyclic) bond motifs is 1. The summed E-state index contributed by atoms with van der Waals surface area (Å²) in [7, 11) is 0. The molecule has 3 aromatic rings. The molecule has 1 aromatic heterocycles. The number of benzene rings is 2. The van der Waals surface area contributed by atoms with Crippen molar-refractivity contribution in [3.63, 3.8) is 0 Å². The quantitative estimate of drug-likeness (QED) is 0.534. The maximum Gasteiger partial charge on any atom is 0.418 e. The molecule has 0 spiro atoms. The molecule has 1 N–H and O–H groups in total. The molecule has 0 amide bonds. The summed E-state index contributed by atoms with van der Waals surface area (Å²) in [6, 6.07) is 7.53. The number of hydrogen-bond donors (Lipinski definition) is 1. The predicted octanol–water partition coefficient (Wildman–Crippen LogP) is 4.77. The lowest BCUT2D eigenvalue weighted by molar-refractivity contribution is -0.137. The van der Waals surface area contributed by atoms with Gasteiger partial charge in [-0.25, -0.2) is 4.39 Å². The molecule has 2 heterocycles. The zero-order valence-electron chi connectivity index (χ0n) is 17.9. The van der Waals surface area contributed by atoms with Crippen LogP contribution in [0.5, 0.6) is 0 Å². The largest absolute Gasteiger partial charge is 0.418 e. The highest BCUT2D eigenvalue weighted by atomic mass is 35.5. The summed E-state index contributed by atoms with van der Waals surface area (Å²) in [6.07, 6.45) is -3.17. The molecule has 0 bridgehead atoms. The SMILES string of the molecule is O=c1c2c(c(-c3ccc(F)c(Cl)c3)nn1-c1cc(N3CCC(O)C3)ccc1C(F)(F)F)CCC2. The molecule has 1 unspecified atom stereocenters. The number of halogens is 5. The summed E-state index contributed by atoms with van der Waals surface area (Å²) >= 11 is 5.95. The fourth-order valence-electron chi connectivity index (χ4n) is 4.72. The molecule has 10 heteroatoms. The van der Waals surface area contributed by atoms with Crippen LogP contribution < -0.4 is 10.5 Å². The molecular weight excluding hydrogens is 474 g/mol.